The molecule has 4 nitrogen and oxygen atoms in total. The lowest BCUT2D eigenvalue weighted by Gasteiger charge is -2.14. The summed E-state index contributed by atoms with van der Waals surface area (Å²) in [6.45, 7) is 5.39. The molecule has 1 heterocycles. The Morgan fingerprint density at radius 3 is 2.48 bits per heavy atom. The van der Waals surface area contributed by atoms with Crippen LogP contribution in [0, 0.1) is 5.92 Å². The minimum atomic E-state index is 0.568. The number of ether oxygens (including phenoxy) is 2. The lowest BCUT2D eigenvalue weighted by atomic mass is 10.1. The quantitative estimate of drug-likeness (QED) is 0.728. The average molecular weight is 311 g/mol. The van der Waals surface area contributed by atoms with Gasteiger partial charge in [-0.05, 0) is 5.92 Å². The highest BCUT2D eigenvalue weighted by molar-refractivity contribution is 6.17. The molecule has 1 aromatic heterocycles. The molecular formula is C16H23ClN2O2. The third-order valence-electron chi connectivity index (χ3n) is 3.84. The Morgan fingerprint density at radius 2 is 1.90 bits per heavy atom. The number of hydrogen-bond acceptors (Lipinski definition) is 3. The summed E-state index contributed by atoms with van der Waals surface area (Å²) >= 11 is 5.92. The zero-order valence-electron chi connectivity index (χ0n) is 13.1. The molecule has 0 saturated heterocycles. The summed E-state index contributed by atoms with van der Waals surface area (Å²) in [5, 5.41) is 0. The summed E-state index contributed by atoms with van der Waals surface area (Å²) < 4.78 is 13.0. The number of halogens is 1. The van der Waals surface area contributed by atoms with Crippen molar-refractivity contribution in [1.29, 1.82) is 0 Å². The van der Waals surface area contributed by atoms with Crippen LogP contribution >= 0.6 is 11.6 Å². The molecule has 0 aliphatic rings. The predicted octanol–water partition coefficient (Wildman–Crippen LogP) is 3.88. The largest absolute Gasteiger partial charge is 0.493 e. The molecule has 0 radical (unpaired) electrons. The number of benzene rings is 1. The molecule has 0 fully saturated rings. The molecule has 1 atom stereocenters. The van der Waals surface area contributed by atoms with Gasteiger partial charge in [-0.15, -0.1) is 11.6 Å². The number of alkyl halides is 1. The van der Waals surface area contributed by atoms with Gasteiger partial charge in [-0.25, -0.2) is 4.98 Å². The molecule has 0 amide bonds. The van der Waals surface area contributed by atoms with Gasteiger partial charge in [0.05, 0.1) is 25.3 Å². The van der Waals surface area contributed by atoms with Gasteiger partial charge in [-0.2, -0.15) is 0 Å². The van der Waals surface area contributed by atoms with Gasteiger partial charge in [0.1, 0.15) is 5.82 Å². The van der Waals surface area contributed by atoms with Crippen LogP contribution in [-0.2, 0) is 13.0 Å². The summed E-state index contributed by atoms with van der Waals surface area (Å²) in [5.41, 5.74) is 2.00. The highest BCUT2D eigenvalue weighted by Crippen LogP contribution is 2.33. The monoisotopic (exact) mass is 310 g/mol. The molecule has 2 rings (SSSR count). The van der Waals surface area contributed by atoms with Crippen LogP contribution in [0.15, 0.2) is 12.1 Å². The highest BCUT2D eigenvalue weighted by atomic mass is 35.5. The molecule has 1 unspecified atom stereocenters. The molecule has 0 aliphatic heterocycles. The molecular weight excluding hydrogens is 288 g/mol. The topological polar surface area (TPSA) is 36.3 Å². The molecule has 1 aromatic carbocycles. The molecule has 0 saturated carbocycles. The van der Waals surface area contributed by atoms with E-state index in [0.29, 0.717) is 17.5 Å². The van der Waals surface area contributed by atoms with Gasteiger partial charge in [0.25, 0.3) is 0 Å². The van der Waals surface area contributed by atoms with Gasteiger partial charge >= 0.3 is 0 Å². The first-order chi connectivity index (χ1) is 10.1. The Balaban J connectivity index is 2.58. The first-order valence-corrected chi connectivity index (χ1v) is 7.85. The van der Waals surface area contributed by atoms with E-state index in [-0.39, 0.29) is 0 Å². The van der Waals surface area contributed by atoms with E-state index in [1.54, 1.807) is 14.2 Å². The number of aryl methyl sites for hydroxylation is 1. The maximum absolute atomic E-state index is 5.92. The molecule has 2 aromatic rings. The SMILES string of the molecule is CCC(C)Cn1c(CCCl)nc2cc(OC)c(OC)cc21. The second-order valence-electron chi connectivity index (χ2n) is 5.29. The van der Waals surface area contributed by atoms with E-state index in [2.05, 4.69) is 18.4 Å². The fourth-order valence-electron chi connectivity index (χ4n) is 2.42. The van der Waals surface area contributed by atoms with Gasteiger partial charge in [0, 0.05) is 31.0 Å². The summed E-state index contributed by atoms with van der Waals surface area (Å²) in [7, 11) is 3.29. The van der Waals surface area contributed by atoms with Crippen molar-refractivity contribution in [3.05, 3.63) is 18.0 Å². The van der Waals surface area contributed by atoms with Gasteiger partial charge in [-0.3, -0.25) is 0 Å². The molecule has 116 valence electrons. The van der Waals surface area contributed by atoms with Crippen LogP contribution in [0.4, 0.5) is 0 Å². The van der Waals surface area contributed by atoms with Crippen molar-refractivity contribution in [3.63, 3.8) is 0 Å². The molecule has 0 bridgehead atoms. The van der Waals surface area contributed by atoms with Crippen molar-refractivity contribution in [2.75, 3.05) is 20.1 Å². The molecule has 0 aliphatic carbocycles. The Labute approximate surface area is 131 Å². The molecule has 21 heavy (non-hydrogen) atoms. The number of imidazole rings is 1. The van der Waals surface area contributed by atoms with Gasteiger partial charge < -0.3 is 14.0 Å². The summed E-state index contributed by atoms with van der Waals surface area (Å²) in [6.07, 6.45) is 1.89. The fraction of sp³-hybridized carbons (Fsp3) is 0.562. The van der Waals surface area contributed by atoms with Crippen LogP contribution in [0.2, 0.25) is 0 Å². The second-order valence-corrected chi connectivity index (χ2v) is 5.66. The Morgan fingerprint density at radius 1 is 1.24 bits per heavy atom. The smallest absolute Gasteiger partial charge is 0.163 e. The van der Waals surface area contributed by atoms with E-state index in [1.165, 1.54) is 0 Å². The minimum absolute atomic E-state index is 0.568. The second kappa shape index (κ2) is 7.03. The van der Waals surface area contributed by atoms with Crippen molar-refractivity contribution in [1.82, 2.24) is 9.55 Å². The number of rotatable bonds is 7. The van der Waals surface area contributed by atoms with E-state index in [0.717, 1.165) is 42.0 Å². The Kier molecular flexibility index (Phi) is 5.34. The lowest BCUT2D eigenvalue weighted by Crippen LogP contribution is -2.10. The van der Waals surface area contributed by atoms with E-state index >= 15 is 0 Å². The zero-order valence-corrected chi connectivity index (χ0v) is 13.9. The summed E-state index contributed by atoms with van der Waals surface area (Å²) in [5.74, 6) is 3.61. The fourth-order valence-corrected chi connectivity index (χ4v) is 2.59. The molecule has 5 heteroatoms. The van der Waals surface area contributed by atoms with E-state index in [1.807, 2.05) is 12.1 Å². The predicted molar refractivity (Wildman–Crippen MR) is 86.7 cm³/mol. The van der Waals surface area contributed by atoms with Crippen LogP contribution in [-0.4, -0.2) is 29.7 Å². The van der Waals surface area contributed by atoms with E-state index in [4.69, 9.17) is 26.1 Å². The van der Waals surface area contributed by atoms with Crippen LogP contribution in [0.25, 0.3) is 11.0 Å². The normalized spacial score (nSPS) is 12.6. The standard InChI is InChI=1S/C16H23ClN2O2/c1-5-11(2)10-19-13-9-15(21-4)14(20-3)8-12(13)18-16(19)6-7-17/h8-9,11H,5-7,10H2,1-4H3. The Bertz CT molecular complexity index is 610. The number of methoxy groups -OCH3 is 2. The first kappa shape index (κ1) is 16.0. The van der Waals surface area contributed by atoms with E-state index in [9.17, 15) is 0 Å². The van der Waals surface area contributed by atoms with Crippen LogP contribution in [0.1, 0.15) is 26.1 Å². The van der Waals surface area contributed by atoms with Crippen LogP contribution in [0.5, 0.6) is 11.5 Å². The van der Waals surface area contributed by atoms with Gasteiger partial charge in [0.15, 0.2) is 11.5 Å². The van der Waals surface area contributed by atoms with Crippen molar-refractivity contribution >= 4 is 22.6 Å². The maximum Gasteiger partial charge on any atom is 0.163 e. The number of hydrogen-bond donors (Lipinski definition) is 0. The van der Waals surface area contributed by atoms with Crippen molar-refractivity contribution in [2.24, 2.45) is 5.92 Å². The maximum atomic E-state index is 5.92. The molecule has 0 N–H and O–H groups in total. The van der Waals surface area contributed by atoms with Crippen molar-refractivity contribution in [2.45, 2.75) is 33.2 Å². The minimum Gasteiger partial charge on any atom is -0.493 e. The number of fused-ring (bicyclic) bond motifs is 1. The van der Waals surface area contributed by atoms with E-state index < -0.39 is 0 Å². The number of aromatic nitrogens is 2. The first-order valence-electron chi connectivity index (χ1n) is 7.31. The third-order valence-corrected chi connectivity index (χ3v) is 4.03. The summed E-state index contributed by atoms with van der Waals surface area (Å²) in [6, 6.07) is 3.93. The zero-order chi connectivity index (χ0) is 15.4. The average Bonchev–Trinajstić information content (AvgIpc) is 2.82. The van der Waals surface area contributed by atoms with Crippen molar-refractivity contribution in [3.8, 4) is 11.5 Å². The van der Waals surface area contributed by atoms with Gasteiger partial charge in [0.2, 0.25) is 0 Å². The Hall–Kier alpha value is -1.42. The summed E-state index contributed by atoms with van der Waals surface area (Å²) in [4.78, 5) is 4.72. The lowest BCUT2D eigenvalue weighted by molar-refractivity contribution is 0.355. The van der Waals surface area contributed by atoms with Crippen LogP contribution in [0.3, 0.4) is 0 Å². The number of nitrogens with zero attached hydrogens (tertiary/aromatic N) is 2. The highest BCUT2D eigenvalue weighted by Gasteiger charge is 2.16. The molecule has 0 spiro atoms. The van der Waals surface area contributed by atoms with Crippen LogP contribution < -0.4 is 9.47 Å². The van der Waals surface area contributed by atoms with Gasteiger partial charge in [-0.1, -0.05) is 20.3 Å². The van der Waals surface area contributed by atoms with Crippen molar-refractivity contribution < 1.29 is 9.47 Å². The third kappa shape index (κ3) is 3.26.